The molecule has 3 rings (SSSR count). The molecule has 1 saturated heterocycles. The van der Waals surface area contributed by atoms with Crippen molar-refractivity contribution in [3.05, 3.63) is 35.9 Å². The molecule has 1 aliphatic carbocycles. The van der Waals surface area contributed by atoms with Crippen LogP contribution < -0.4 is 5.73 Å². The van der Waals surface area contributed by atoms with Crippen LogP contribution in [0, 0.1) is 11.8 Å². The highest BCUT2D eigenvalue weighted by Crippen LogP contribution is 2.27. The van der Waals surface area contributed by atoms with Crippen molar-refractivity contribution in [2.45, 2.75) is 44.6 Å². The summed E-state index contributed by atoms with van der Waals surface area (Å²) in [6.07, 6.45) is 7.86. The molecule has 2 unspecified atom stereocenters. The van der Waals surface area contributed by atoms with Gasteiger partial charge in [0.25, 0.3) is 0 Å². The van der Waals surface area contributed by atoms with Gasteiger partial charge in [-0.15, -0.1) is 0 Å². The summed E-state index contributed by atoms with van der Waals surface area (Å²) in [7, 11) is 0. The first-order chi connectivity index (χ1) is 9.79. The largest absolute Gasteiger partial charge is 0.328 e. The standard InChI is InChI=1S/C18H28N2/c19-18-7-6-17(13-18)14-20-10-8-16(9-11-20)12-15-4-2-1-3-5-15/h1-5,16-18H,6-14,19H2. The highest BCUT2D eigenvalue weighted by molar-refractivity contribution is 5.15. The van der Waals surface area contributed by atoms with Gasteiger partial charge < -0.3 is 10.6 Å². The minimum atomic E-state index is 0.482. The number of piperidine rings is 1. The molecule has 2 aliphatic rings. The van der Waals surface area contributed by atoms with Crippen LogP contribution in [0.4, 0.5) is 0 Å². The Labute approximate surface area is 123 Å². The van der Waals surface area contributed by atoms with E-state index in [1.807, 2.05) is 0 Å². The highest BCUT2D eigenvalue weighted by Gasteiger charge is 2.26. The number of rotatable bonds is 4. The van der Waals surface area contributed by atoms with E-state index in [0.29, 0.717) is 6.04 Å². The topological polar surface area (TPSA) is 29.3 Å². The van der Waals surface area contributed by atoms with Crippen LogP contribution in [0.25, 0.3) is 0 Å². The van der Waals surface area contributed by atoms with E-state index in [1.165, 1.54) is 63.7 Å². The molecule has 0 radical (unpaired) electrons. The van der Waals surface area contributed by atoms with E-state index < -0.39 is 0 Å². The van der Waals surface area contributed by atoms with Crippen LogP contribution in [0.15, 0.2) is 30.3 Å². The fourth-order valence-electron chi connectivity index (χ4n) is 3.97. The summed E-state index contributed by atoms with van der Waals surface area (Å²) in [5.41, 5.74) is 7.53. The van der Waals surface area contributed by atoms with Crippen molar-refractivity contribution < 1.29 is 0 Å². The number of nitrogens with two attached hydrogens (primary N) is 1. The Bertz CT molecular complexity index is 395. The molecule has 2 heteroatoms. The molecule has 1 saturated carbocycles. The first-order valence-electron chi connectivity index (χ1n) is 8.31. The van der Waals surface area contributed by atoms with E-state index in [4.69, 9.17) is 5.73 Å². The van der Waals surface area contributed by atoms with Crippen molar-refractivity contribution >= 4 is 0 Å². The minimum Gasteiger partial charge on any atom is -0.328 e. The Morgan fingerprint density at radius 3 is 2.35 bits per heavy atom. The Morgan fingerprint density at radius 1 is 0.950 bits per heavy atom. The number of nitrogens with zero attached hydrogens (tertiary/aromatic N) is 1. The lowest BCUT2D eigenvalue weighted by Gasteiger charge is -2.33. The second kappa shape index (κ2) is 6.73. The van der Waals surface area contributed by atoms with Crippen molar-refractivity contribution in [2.24, 2.45) is 17.6 Å². The maximum absolute atomic E-state index is 6.02. The van der Waals surface area contributed by atoms with Gasteiger partial charge in [0.15, 0.2) is 0 Å². The summed E-state index contributed by atoms with van der Waals surface area (Å²) in [5.74, 6) is 1.76. The number of benzene rings is 1. The fraction of sp³-hybridized carbons (Fsp3) is 0.667. The summed E-state index contributed by atoms with van der Waals surface area (Å²) < 4.78 is 0. The molecule has 2 nitrogen and oxygen atoms in total. The van der Waals surface area contributed by atoms with Gasteiger partial charge in [-0.1, -0.05) is 30.3 Å². The minimum absolute atomic E-state index is 0.482. The zero-order valence-corrected chi connectivity index (χ0v) is 12.5. The summed E-state index contributed by atoms with van der Waals surface area (Å²) >= 11 is 0. The monoisotopic (exact) mass is 272 g/mol. The molecule has 2 N–H and O–H groups in total. The first-order valence-corrected chi connectivity index (χ1v) is 8.31. The normalized spacial score (nSPS) is 28.9. The zero-order valence-electron chi connectivity index (χ0n) is 12.5. The van der Waals surface area contributed by atoms with Crippen molar-refractivity contribution in [1.82, 2.24) is 4.90 Å². The molecule has 1 heterocycles. The van der Waals surface area contributed by atoms with Gasteiger partial charge in [0.1, 0.15) is 0 Å². The maximum atomic E-state index is 6.02. The third-order valence-electron chi connectivity index (χ3n) is 5.17. The van der Waals surface area contributed by atoms with E-state index >= 15 is 0 Å². The second-order valence-corrected chi connectivity index (χ2v) is 6.87. The van der Waals surface area contributed by atoms with Gasteiger partial charge in [0.05, 0.1) is 0 Å². The molecule has 0 aromatic heterocycles. The van der Waals surface area contributed by atoms with Crippen LogP contribution in [-0.2, 0) is 6.42 Å². The predicted molar refractivity (Wildman–Crippen MR) is 84.6 cm³/mol. The van der Waals surface area contributed by atoms with Crippen molar-refractivity contribution in [2.75, 3.05) is 19.6 Å². The van der Waals surface area contributed by atoms with Crippen LogP contribution >= 0.6 is 0 Å². The molecule has 1 aliphatic heterocycles. The molecular formula is C18H28N2. The van der Waals surface area contributed by atoms with Crippen molar-refractivity contribution in [1.29, 1.82) is 0 Å². The molecule has 0 spiro atoms. The Balaban J connectivity index is 1.41. The number of hydrogen-bond acceptors (Lipinski definition) is 2. The Hall–Kier alpha value is -0.860. The van der Waals surface area contributed by atoms with E-state index in [1.54, 1.807) is 0 Å². The van der Waals surface area contributed by atoms with E-state index in [9.17, 15) is 0 Å². The fourth-order valence-corrected chi connectivity index (χ4v) is 3.97. The summed E-state index contributed by atoms with van der Waals surface area (Å²) in [4.78, 5) is 2.68. The lowest BCUT2D eigenvalue weighted by molar-refractivity contribution is 0.160. The summed E-state index contributed by atoms with van der Waals surface area (Å²) in [6, 6.07) is 11.5. The van der Waals surface area contributed by atoms with Gasteiger partial charge in [-0.25, -0.2) is 0 Å². The Morgan fingerprint density at radius 2 is 1.70 bits per heavy atom. The van der Waals surface area contributed by atoms with Gasteiger partial charge in [-0.2, -0.15) is 0 Å². The molecule has 2 atom stereocenters. The average Bonchev–Trinajstić information content (AvgIpc) is 2.88. The zero-order chi connectivity index (χ0) is 13.8. The molecule has 110 valence electrons. The number of hydrogen-bond donors (Lipinski definition) is 1. The molecule has 2 fully saturated rings. The smallest absolute Gasteiger partial charge is 0.00420 e. The predicted octanol–water partition coefficient (Wildman–Crippen LogP) is 3.07. The maximum Gasteiger partial charge on any atom is 0.00420 e. The van der Waals surface area contributed by atoms with Crippen molar-refractivity contribution in [3.8, 4) is 0 Å². The van der Waals surface area contributed by atoms with Gasteiger partial charge >= 0.3 is 0 Å². The van der Waals surface area contributed by atoms with Gasteiger partial charge in [-0.05, 0) is 69.0 Å². The Kier molecular flexibility index (Phi) is 4.74. The average molecular weight is 272 g/mol. The van der Waals surface area contributed by atoms with Crippen molar-refractivity contribution in [3.63, 3.8) is 0 Å². The molecule has 0 amide bonds. The van der Waals surface area contributed by atoms with Crippen LogP contribution in [0.2, 0.25) is 0 Å². The molecule has 1 aromatic rings. The lowest BCUT2D eigenvalue weighted by Crippen LogP contribution is -2.37. The van der Waals surface area contributed by atoms with Crippen LogP contribution in [-0.4, -0.2) is 30.6 Å². The van der Waals surface area contributed by atoms with E-state index in [0.717, 1.165) is 11.8 Å². The van der Waals surface area contributed by atoms with Crippen LogP contribution in [0.1, 0.15) is 37.7 Å². The third-order valence-corrected chi connectivity index (χ3v) is 5.17. The van der Waals surface area contributed by atoms with Gasteiger partial charge in [0, 0.05) is 12.6 Å². The quantitative estimate of drug-likeness (QED) is 0.912. The number of likely N-dealkylation sites (tertiary alicyclic amines) is 1. The van der Waals surface area contributed by atoms with Gasteiger partial charge in [-0.3, -0.25) is 0 Å². The summed E-state index contributed by atoms with van der Waals surface area (Å²) in [6.45, 7) is 3.89. The highest BCUT2D eigenvalue weighted by atomic mass is 15.1. The molecule has 0 bridgehead atoms. The second-order valence-electron chi connectivity index (χ2n) is 6.87. The molecule has 1 aromatic carbocycles. The molecular weight excluding hydrogens is 244 g/mol. The third kappa shape index (κ3) is 3.83. The molecule has 20 heavy (non-hydrogen) atoms. The van der Waals surface area contributed by atoms with Crippen LogP contribution in [0.5, 0.6) is 0 Å². The lowest BCUT2D eigenvalue weighted by atomic mass is 9.90. The summed E-state index contributed by atoms with van der Waals surface area (Å²) in [5, 5.41) is 0. The van der Waals surface area contributed by atoms with E-state index in [-0.39, 0.29) is 0 Å². The van der Waals surface area contributed by atoms with Crippen LogP contribution in [0.3, 0.4) is 0 Å². The first kappa shape index (κ1) is 14.1. The SMILES string of the molecule is NC1CCC(CN2CCC(Cc3ccccc3)CC2)C1. The van der Waals surface area contributed by atoms with E-state index in [2.05, 4.69) is 35.2 Å². The van der Waals surface area contributed by atoms with Gasteiger partial charge in [0.2, 0.25) is 0 Å².